The molecule has 0 amide bonds. The van der Waals surface area contributed by atoms with Crippen LogP contribution in [0.1, 0.15) is 12.6 Å². The van der Waals surface area contributed by atoms with Crippen molar-refractivity contribution in [1.29, 1.82) is 0 Å². The second-order valence-corrected chi connectivity index (χ2v) is 3.30. The fraction of sp³-hybridized carbons (Fsp3) is 0.600. The van der Waals surface area contributed by atoms with E-state index in [0.29, 0.717) is 13.0 Å². The van der Waals surface area contributed by atoms with E-state index in [1.54, 1.807) is 6.20 Å². The van der Waals surface area contributed by atoms with Crippen LogP contribution < -0.4 is 5.73 Å². The van der Waals surface area contributed by atoms with Crippen molar-refractivity contribution < 1.29 is 9.53 Å². The standard InChI is InChI=1S/C10H17N3O2/c1-3-13-9(4-5-12-13)6-8(7-11)10(14)15-2/h4-5,8H,3,6-7,11H2,1-2H3. The fourth-order valence-electron chi connectivity index (χ4n) is 1.50. The third-order valence-corrected chi connectivity index (χ3v) is 2.38. The maximum Gasteiger partial charge on any atom is 0.310 e. The lowest BCUT2D eigenvalue weighted by Crippen LogP contribution is -2.27. The monoisotopic (exact) mass is 211 g/mol. The van der Waals surface area contributed by atoms with Crippen molar-refractivity contribution in [2.45, 2.75) is 19.9 Å². The van der Waals surface area contributed by atoms with Gasteiger partial charge in [-0.05, 0) is 13.0 Å². The van der Waals surface area contributed by atoms with E-state index < -0.39 is 0 Å². The number of aryl methyl sites for hydroxylation is 1. The molecule has 0 bridgehead atoms. The molecule has 2 N–H and O–H groups in total. The molecule has 0 saturated carbocycles. The number of esters is 1. The first-order valence-corrected chi connectivity index (χ1v) is 5.01. The summed E-state index contributed by atoms with van der Waals surface area (Å²) in [6.07, 6.45) is 2.31. The van der Waals surface area contributed by atoms with Crippen LogP contribution in [0.2, 0.25) is 0 Å². The summed E-state index contributed by atoms with van der Waals surface area (Å²) in [5, 5.41) is 4.13. The minimum absolute atomic E-state index is 0.263. The number of nitrogens with zero attached hydrogens (tertiary/aromatic N) is 2. The molecule has 0 radical (unpaired) electrons. The van der Waals surface area contributed by atoms with Crippen molar-refractivity contribution >= 4 is 5.97 Å². The summed E-state index contributed by atoms with van der Waals surface area (Å²) >= 11 is 0. The summed E-state index contributed by atoms with van der Waals surface area (Å²) in [7, 11) is 1.38. The van der Waals surface area contributed by atoms with Crippen molar-refractivity contribution in [1.82, 2.24) is 9.78 Å². The molecule has 0 aliphatic heterocycles. The van der Waals surface area contributed by atoms with Gasteiger partial charge in [-0.2, -0.15) is 5.10 Å². The Labute approximate surface area is 89.2 Å². The summed E-state index contributed by atoms with van der Waals surface area (Å²) in [6, 6.07) is 1.90. The summed E-state index contributed by atoms with van der Waals surface area (Å²) in [4.78, 5) is 11.3. The zero-order valence-electron chi connectivity index (χ0n) is 9.14. The van der Waals surface area contributed by atoms with Gasteiger partial charge in [0.05, 0.1) is 13.0 Å². The van der Waals surface area contributed by atoms with Gasteiger partial charge >= 0.3 is 5.97 Å². The number of carbonyl (C=O) groups excluding carboxylic acids is 1. The predicted molar refractivity (Wildman–Crippen MR) is 56.2 cm³/mol. The van der Waals surface area contributed by atoms with Gasteiger partial charge in [0.15, 0.2) is 0 Å². The van der Waals surface area contributed by atoms with Crippen molar-refractivity contribution in [2.75, 3.05) is 13.7 Å². The van der Waals surface area contributed by atoms with Gasteiger partial charge in [-0.3, -0.25) is 9.48 Å². The number of hydrogen-bond acceptors (Lipinski definition) is 4. The number of carbonyl (C=O) groups is 1. The number of hydrogen-bond donors (Lipinski definition) is 1. The Morgan fingerprint density at radius 2 is 2.47 bits per heavy atom. The molecule has 0 saturated heterocycles. The Bertz CT molecular complexity index is 322. The first-order valence-electron chi connectivity index (χ1n) is 5.01. The molecule has 1 unspecified atom stereocenters. The Morgan fingerprint density at radius 3 is 3.00 bits per heavy atom. The first kappa shape index (κ1) is 11.7. The molecule has 1 atom stereocenters. The third kappa shape index (κ3) is 2.79. The molecule has 15 heavy (non-hydrogen) atoms. The van der Waals surface area contributed by atoms with Gasteiger partial charge in [0.2, 0.25) is 0 Å². The van der Waals surface area contributed by atoms with E-state index in [-0.39, 0.29) is 11.9 Å². The molecule has 5 nitrogen and oxygen atoms in total. The average Bonchev–Trinajstić information content (AvgIpc) is 2.71. The summed E-state index contributed by atoms with van der Waals surface area (Å²) in [6.45, 7) is 3.09. The Balaban J connectivity index is 2.70. The van der Waals surface area contributed by atoms with E-state index >= 15 is 0 Å². The maximum atomic E-state index is 11.3. The number of nitrogens with two attached hydrogens (primary N) is 1. The van der Waals surface area contributed by atoms with Crippen LogP contribution in [0.3, 0.4) is 0 Å². The second kappa shape index (κ2) is 5.50. The highest BCUT2D eigenvalue weighted by atomic mass is 16.5. The Morgan fingerprint density at radius 1 is 1.73 bits per heavy atom. The SMILES string of the molecule is CCn1nccc1CC(CN)C(=O)OC. The molecule has 1 aromatic rings. The zero-order valence-corrected chi connectivity index (χ0v) is 9.14. The molecular formula is C10H17N3O2. The van der Waals surface area contributed by atoms with Crippen molar-refractivity contribution in [3.05, 3.63) is 18.0 Å². The van der Waals surface area contributed by atoms with E-state index in [2.05, 4.69) is 9.84 Å². The van der Waals surface area contributed by atoms with Crippen molar-refractivity contribution in [2.24, 2.45) is 11.7 Å². The quantitative estimate of drug-likeness (QED) is 0.706. The fourth-order valence-corrected chi connectivity index (χ4v) is 1.50. The Kier molecular flexibility index (Phi) is 4.30. The molecule has 1 aromatic heterocycles. The molecule has 84 valence electrons. The molecule has 0 aliphatic rings. The lowest BCUT2D eigenvalue weighted by molar-refractivity contribution is -0.145. The molecule has 1 heterocycles. The molecule has 0 aromatic carbocycles. The van der Waals surface area contributed by atoms with Crippen molar-refractivity contribution in [3.63, 3.8) is 0 Å². The highest BCUT2D eigenvalue weighted by molar-refractivity contribution is 5.72. The van der Waals surface area contributed by atoms with E-state index in [0.717, 1.165) is 12.2 Å². The normalized spacial score (nSPS) is 12.5. The molecule has 0 fully saturated rings. The minimum Gasteiger partial charge on any atom is -0.469 e. The van der Waals surface area contributed by atoms with E-state index in [1.165, 1.54) is 7.11 Å². The van der Waals surface area contributed by atoms with Crippen molar-refractivity contribution in [3.8, 4) is 0 Å². The number of methoxy groups -OCH3 is 1. The van der Waals surface area contributed by atoms with E-state index in [1.807, 2.05) is 17.7 Å². The van der Waals surface area contributed by atoms with Gasteiger partial charge in [-0.1, -0.05) is 0 Å². The van der Waals surface area contributed by atoms with Crippen LogP contribution >= 0.6 is 0 Å². The van der Waals surface area contributed by atoms with Gasteiger partial charge < -0.3 is 10.5 Å². The number of aromatic nitrogens is 2. The summed E-state index contributed by atoms with van der Waals surface area (Å²) in [5.74, 6) is -0.543. The van der Waals surface area contributed by atoms with E-state index in [9.17, 15) is 4.79 Å². The zero-order chi connectivity index (χ0) is 11.3. The predicted octanol–water partition coefficient (Wildman–Crippen LogP) is 0.193. The topological polar surface area (TPSA) is 70.1 Å². The number of rotatable bonds is 5. The van der Waals surface area contributed by atoms with Crippen LogP contribution in [0.15, 0.2) is 12.3 Å². The largest absolute Gasteiger partial charge is 0.469 e. The molecule has 1 rings (SSSR count). The number of ether oxygens (including phenoxy) is 1. The van der Waals surface area contributed by atoms with Crippen LogP contribution in [0, 0.1) is 5.92 Å². The van der Waals surface area contributed by atoms with Crippen LogP contribution in [0.4, 0.5) is 0 Å². The third-order valence-electron chi connectivity index (χ3n) is 2.38. The maximum absolute atomic E-state index is 11.3. The van der Waals surface area contributed by atoms with Gasteiger partial charge in [0.1, 0.15) is 0 Å². The van der Waals surface area contributed by atoms with E-state index in [4.69, 9.17) is 5.73 Å². The second-order valence-electron chi connectivity index (χ2n) is 3.30. The lowest BCUT2D eigenvalue weighted by atomic mass is 10.0. The van der Waals surface area contributed by atoms with Gasteiger partial charge in [0.25, 0.3) is 0 Å². The smallest absolute Gasteiger partial charge is 0.310 e. The molecular weight excluding hydrogens is 194 g/mol. The van der Waals surface area contributed by atoms with Gasteiger partial charge in [-0.25, -0.2) is 0 Å². The van der Waals surface area contributed by atoms with Gasteiger partial charge in [-0.15, -0.1) is 0 Å². The van der Waals surface area contributed by atoms with Crippen LogP contribution in [-0.2, 0) is 22.5 Å². The molecule has 0 spiro atoms. The van der Waals surface area contributed by atoms with Crippen LogP contribution in [0.25, 0.3) is 0 Å². The highest BCUT2D eigenvalue weighted by Crippen LogP contribution is 2.09. The van der Waals surface area contributed by atoms with Gasteiger partial charge in [0, 0.05) is 31.4 Å². The van der Waals surface area contributed by atoms with Crippen LogP contribution in [-0.4, -0.2) is 29.4 Å². The summed E-state index contributed by atoms with van der Waals surface area (Å²) < 4.78 is 6.53. The highest BCUT2D eigenvalue weighted by Gasteiger charge is 2.19. The minimum atomic E-state index is -0.281. The first-order chi connectivity index (χ1) is 7.22. The molecule has 5 heteroatoms. The lowest BCUT2D eigenvalue weighted by Gasteiger charge is -2.12. The van der Waals surface area contributed by atoms with Crippen LogP contribution in [0.5, 0.6) is 0 Å². The average molecular weight is 211 g/mol. The summed E-state index contributed by atoms with van der Waals surface area (Å²) in [5.41, 5.74) is 6.54. The Hall–Kier alpha value is -1.36. The molecule has 0 aliphatic carbocycles.